The zero-order valence-corrected chi connectivity index (χ0v) is 11.5. The van der Waals surface area contributed by atoms with Crippen LogP contribution in [-0.4, -0.2) is 40.6 Å². The number of rotatable bonds is 5. The molecule has 0 atom stereocenters. The van der Waals surface area contributed by atoms with Crippen molar-refractivity contribution >= 4 is 5.97 Å². The lowest BCUT2D eigenvalue weighted by Crippen LogP contribution is -2.44. The van der Waals surface area contributed by atoms with Crippen molar-refractivity contribution in [3.8, 4) is 0 Å². The summed E-state index contributed by atoms with van der Waals surface area (Å²) in [5.41, 5.74) is 0.620. The molecule has 0 amide bonds. The Morgan fingerprint density at radius 2 is 2.16 bits per heavy atom. The molecule has 2 heterocycles. The molecule has 0 aromatic carbocycles. The molecule has 0 unspecified atom stereocenters. The van der Waals surface area contributed by atoms with Gasteiger partial charge in [0.15, 0.2) is 0 Å². The van der Waals surface area contributed by atoms with Gasteiger partial charge in [0, 0.05) is 24.9 Å². The molecule has 1 aliphatic heterocycles. The fourth-order valence-corrected chi connectivity index (χ4v) is 2.74. The first-order valence-electron chi connectivity index (χ1n) is 7.02. The van der Waals surface area contributed by atoms with Gasteiger partial charge in [-0.15, -0.1) is 0 Å². The van der Waals surface area contributed by atoms with Crippen LogP contribution in [-0.2, 0) is 11.2 Å². The van der Waals surface area contributed by atoms with E-state index in [2.05, 4.69) is 9.88 Å². The topological polar surface area (TPSA) is 53.4 Å². The van der Waals surface area contributed by atoms with Crippen LogP contribution in [0.15, 0.2) is 24.4 Å². The molecule has 2 rings (SSSR count). The van der Waals surface area contributed by atoms with Crippen LogP contribution in [0.2, 0.25) is 0 Å². The number of carboxylic acids is 1. The van der Waals surface area contributed by atoms with E-state index in [1.807, 2.05) is 31.3 Å². The molecule has 4 heteroatoms. The Morgan fingerprint density at radius 3 is 2.68 bits per heavy atom. The summed E-state index contributed by atoms with van der Waals surface area (Å²) < 4.78 is 0. The second-order valence-electron chi connectivity index (χ2n) is 5.35. The van der Waals surface area contributed by atoms with Gasteiger partial charge in [-0.2, -0.15) is 0 Å². The number of aliphatic carboxylic acids is 1. The molecule has 19 heavy (non-hydrogen) atoms. The molecule has 0 radical (unpaired) electrons. The van der Waals surface area contributed by atoms with Crippen LogP contribution in [0.1, 0.15) is 31.9 Å². The van der Waals surface area contributed by atoms with E-state index in [0.717, 1.165) is 51.0 Å². The third kappa shape index (κ3) is 3.32. The van der Waals surface area contributed by atoms with Gasteiger partial charge >= 0.3 is 5.97 Å². The van der Waals surface area contributed by atoms with Crippen molar-refractivity contribution in [1.29, 1.82) is 0 Å². The maximum atomic E-state index is 11.4. The molecule has 0 aliphatic carbocycles. The Balaban J connectivity index is 1.82. The fraction of sp³-hybridized carbons (Fsp3) is 0.600. The first-order valence-corrected chi connectivity index (χ1v) is 7.02. The highest BCUT2D eigenvalue weighted by molar-refractivity contribution is 5.74. The number of carbonyl (C=O) groups is 1. The number of pyridine rings is 1. The number of nitrogens with zero attached hydrogens (tertiary/aromatic N) is 2. The minimum absolute atomic E-state index is 0.485. The number of piperidine rings is 1. The number of likely N-dealkylation sites (tertiary alicyclic amines) is 1. The van der Waals surface area contributed by atoms with Crippen LogP contribution in [0.4, 0.5) is 0 Å². The lowest BCUT2D eigenvalue weighted by atomic mass is 9.76. The molecule has 1 aromatic rings. The number of hydrogen-bond donors (Lipinski definition) is 1. The van der Waals surface area contributed by atoms with Crippen molar-refractivity contribution in [2.75, 3.05) is 19.6 Å². The van der Waals surface area contributed by atoms with Gasteiger partial charge < -0.3 is 10.0 Å². The third-order valence-corrected chi connectivity index (χ3v) is 4.35. The van der Waals surface area contributed by atoms with Gasteiger partial charge in [-0.1, -0.05) is 13.0 Å². The second-order valence-corrected chi connectivity index (χ2v) is 5.35. The standard InChI is InChI=1S/C15H22N2O2/c1-2-15(14(18)19)7-11-17(12-8-15)10-6-13-5-3-4-9-16-13/h3-5,9H,2,6-8,10-12H2,1H3,(H,18,19). The fourth-order valence-electron chi connectivity index (χ4n) is 2.74. The quantitative estimate of drug-likeness (QED) is 0.884. The molecule has 104 valence electrons. The van der Waals surface area contributed by atoms with Crippen LogP contribution in [0.25, 0.3) is 0 Å². The van der Waals surface area contributed by atoms with E-state index in [9.17, 15) is 9.90 Å². The summed E-state index contributed by atoms with van der Waals surface area (Å²) in [7, 11) is 0. The van der Waals surface area contributed by atoms with Crippen LogP contribution in [0.5, 0.6) is 0 Å². The lowest BCUT2D eigenvalue weighted by Gasteiger charge is -2.38. The van der Waals surface area contributed by atoms with Gasteiger partial charge in [0.05, 0.1) is 5.41 Å². The number of carboxylic acid groups (broad SMARTS) is 1. The van der Waals surface area contributed by atoms with E-state index in [-0.39, 0.29) is 0 Å². The molecule has 0 bridgehead atoms. The van der Waals surface area contributed by atoms with Crippen molar-refractivity contribution < 1.29 is 9.90 Å². The summed E-state index contributed by atoms with van der Waals surface area (Å²) in [4.78, 5) is 18.0. The Bertz CT molecular complexity index is 411. The maximum Gasteiger partial charge on any atom is 0.309 e. The third-order valence-electron chi connectivity index (χ3n) is 4.35. The SMILES string of the molecule is CCC1(C(=O)O)CCN(CCc2ccccn2)CC1. The molecule has 1 fully saturated rings. The smallest absolute Gasteiger partial charge is 0.309 e. The largest absolute Gasteiger partial charge is 0.481 e. The highest BCUT2D eigenvalue weighted by Crippen LogP contribution is 2.35. The molecule has 1 saturated heterocycles. The van der Waals surface area contributed by atoms with Gasteiger partial charge in [0.2, 0.25) is 0 Å². The number of aromatic nitrogens is 1. The minimum atomic E-state index is -0.626. The Morgan fingerprint density at radius 1 is 1.42 bits per heavy atom. The first-order chi connectivity index (χ1) is 9.16. The van der Waals surface area contributed by atoms with Crippen molar-refractivity contribution in [3.63, 3.8) is 0 Å². The van der Waals surface area contributed by atoms with E-state index >= 15 is 0 Å². The molecule has 4 nitrogen and oxygen atoms in total. The van der Waals surface area contributed by atoms with Gasteiger partial charge in [0.25, 0.3) is 0 Å². The average molecular weight is 262 g/mol. The monoisotopic (exact) mass is 262 g/mol. The first kappa shape index (κ1) is 14.0. The number of hydrogen-bond acceptors (Lipinski definition) is 3. The zero-order valence-electron chi connectivity index (χ0n) is 11.5. The molecule has 0 saturated carbocycles. The van der Waals surface area contributed by atoms with Gasteiger partial charge in [0.1, 0.15) is 0 Å². The highest BCUT2D eigenvalue weighted by atomic mass is 16.4. The molecule has 1 aliphatic rings. The average Bonchev–Trinajstić information content (AvgIpc) is 2.46. The molecular weight excluding hydrogens is 240 g/mol. The van der Waals surface area contributed by atoms with E-state index < -0.39 is 11.4 Å². The van der Waals surface area contributed by atoms with Gasteiger partial charge in [-0.3, -0.25) is 9.78 Å². The van der Waals surface area contributed by atoms with Crippen LogP contribution < -0.4 is 0 Å². The van der Waals surface area contributed by atoms with Crippen molar-refractivity contribution in [2.45, 2.75) is 32.6 Å². The van der Waals surface area contributed by atoms with E-state index in [1.165, 1.54) is 0 Å². The van der Waals surface area contributed by atoms with Crippen molar-refractivity contribution in [1.82, 2.24) is 9.88 Å². The van der Waals surface area contributed by atoms with Gasteiger partial charge in [-0.05, 0) is 44.5 Å². The zero-order chi connectivity index (χ0) is 13.7. The normalized spacial score (nSPS) is 19.2. The summed E-state index contributed by atoms with van der Waals surface area (Å²) in [5, 5.41) is 9.35. The molecule has 0 spiro atoms. The highest BCUT2D eigenvalue weighted by Gasteiger charge is 2.39. The van der Waals surface area contributed by atoms with Crippen molar-refractivity contribution in [2.24, 2.45) is 5.41 Å². The van der Waals surface area contributed by atoms with Crippen LogP contribution >= 0.6 is 0 Å². The predicted octanol–water partition coefficient (Wildman–Crippen LogP) is 2.20. The van der Waals surface area contributed by atoms with E-state index in [4.69, 9.17) is 0 Å². The van der Waals surface area contributed by atoms with Crippen molar-refractivity contribution in [3.05, 3.63) is 30.1 Å². The van der Waals surface area contributed by atoms with E-state index in [1.54, 1.807) is 0 Å². The summed E-state index contributed by atoms with van der Waals surface area (Å²) in [5.74, 6) is -0.626. The Hall–Kier alpha value is -1.42. The molecule has 1 N–H and O–H groups in total. The predicted molar refractivity (Wildman–Crippen MR) is 74.0 cm³/mol. The van der Waals surface area contributed by atoms with Crippen LogP contribution in [0, 0.1) is 5.41 Å². The molecular formula is C15H22N2O2. The second kappa shape index (κ2) is 6.15. The minimum Gasteiger partial charge on any atom is -0.481 e. The Kier molecular flexibility index (Phi) is 4.53. The lowest BCUT2D eigenvalue weighted by molar-refractivity contribution is -0.152. The Labute approximate surface area is 114 Å². The summed E-state index contributed by atoms with van der Waals surface area (Å²) in [6, 6.07) is 5.97. The summed E-state index contributed by atoms with van der Waals surface area (Å²) in [6.45, 7) is 4.72. The summed E-state index contributed by atoms with van der Waals surface area (Å²) >= 11 is 0. The maximum absolute atomic E-state index is 11.4. The summed E-state index contributed by atoms with van der Waals surface area (Å²) in [6.07, 6.45) is 5.02. The van der Waals surface area contributed by atoms with E-state index in [0.29, 0.717) is 0 Å². The van der Waals surface area contributed by atoms with Gasteiger partial charge in [-0.25, -0.2) is 0 Å². The molecule has 1 aromatic heterocycles. The van der Waals surface area contributed by atoms with Crippen LogP contribution in [0.3, 0.4) is 0 Å².